The molecule has 0 bridgehead atoms. The summed E-state index contributed by atoms with van der Waals surface area (Å²) in [6, 6.07) is 0. The van der Waals surface area contributed by atoms with Gasteiger partial charge < -0.3 is 9.64 Å². The van der Waals surface area contributed by atoms with Crippen LogP contribution in [-0.2, 0) is 9.53 Å². The molecule has 5 atom stereocenters. The van der Waals surface area contributed by atoms with E-state index in [2.05, 4.69) is 24.8 Å². The quantitative estimate of drug-likeness (QED) is 0.572. The van der Waals surface area contributed by atoms with Crippen molar-refractivity contribution in [1.82, 2.24) is 4.90 Å². The van der Waals surface area contributed by atoms with Gasteiger partial charge >= 0.3 is 5.97 Å². The number of hydrogen-bond donors (Lipinski definition) is 0. The van der Waals surface area contributed by atoms with Crippen LogP contribution in [0.1, 0.15) is 39.5 Å². The average molecular weight is 336 g/mol. The number of allylic oxidation sites excluding steroid dienone is 1. The molecular formula is C19H29NO2S. The Balaban J connectivity index is 1.56. The molecule has 0 N–H and O–H groups in total. The number of fused-ring (bicyclic) bond motifs is 2. The second-order valence-electron chi connectivity index (χ2n) is 8.25. The minimum absolute atomic E-state index is 0.0602. The fourth-order valence-corrected chi connectivity index (χ4v) is 6.30. The van der Waals surface area contributed by atoms with Crippen LogP contribution in [-0.4, -0.2) is 48.1 Å². The van der Waals surface area contributed by atoms with E-state index >= 15 is 0 Å². The summed E-state index contributed by atoms with van der Waals surface area (Å²) in [6.07, 6.45) is 7.54. The van der Waals surface area contributed by atoms with Gasteiger partial charge in [0.25, 0.3) is 0 Å². The summed E-state index contributed by atoms with van der Waals surface area (Å²) in [4.78, 5) is 15.0. The summed E-state index contributed by atoms with van der Waals surface area (Å²) in [7, 11) is 0. The zero-order valence-electron chi connectivity index (χ0n) is 14.4. The van der Waals surface area contributed by atoms with Crippen LogP contribution in [0.2, 0.25) is 0 Å². The zero-order chi connectivity index (χ0) is 16.0. The maximum atomic E-state index is 12.5. The molecule has 4 rings (SSSR count). The van der Waals surface area contributed by atoms with Gasteiger partial charge in [0.1, 0.15) is 6.10 Å². The van der Waals surface area contributed by atoms with Gasteiger partial charge in [-0.2, -0.15) is 11.8 Å². The lowest BCUT2D eigenvalue weighted by Gasteiger charge is -2.46. The summed E-state index contributed by atoms with van der Waals surface area (Å²) in [5.74, 6) is 3.52. The van der Waals surface area contributed by atoms with Gasteiger partial charge in [0.2, 0.25) is 0 Å². The van der Waals surface area contributed by atoms with Crippen LogP contribution in [0.25, 0.3) is 0 Å². The average Bonchev–Trinajstić information content (AvgIpc) is 2.81. The number of nitrogens with zero attached hydrogens (tertiary/aromatic N) is 1. The van der Waals surface area contributed by atoms with Gasteiger partial charge in [0.05, 0.1) is 5.92 Å². The summed E-state index contributed by atoms with van der Waals surface area (Å²) in [5, 5.41) is 0. The third-order valence-electron chi connectivity index (χ3n) is 6.64. The van der Waals surface area contributed by atoms with Crippen molar-refractivity contribution in [3.63, 3.8) is 0 Å². The predicted molar refractivity (Wildman–Crippen MR) is 94.4 cm³/mol. The number of carbonyl (C=O) groups is 1. The SMILES string of the molecule is C[C@@H]1CCC[C@]2(C)C[C@H]3OC(=O)[C@@H](CN4CCSCC4)[C@H]3C=C12. The molecule has 1 saturated carbocycles. The third kappa shape index (κ3) is 2.86. The van der Waals surface area contributed by atoms with Crippen molar-refractivity contribution < 1.29 is 9.53 Å². The lowest BCUT2D eigenvalue weighted by Crippen LogP contribution is -2.42. The van der Waals surface area contributed by atoms with E-state index in [1.807, 2.05) is 11.8 Å². The van der Waals surface area contributed by atoms with Crippen molar-refractivity contribution in [3.8, 4) is 0 Å². The molecule has 0 aromatic carbocycles. The Morgan fingerprint density at radius 2 is 2.17 bits per heavy atom. The van der Waals surface area contributed by atoms with Crippen LogP contribution in [0.5, 0.6) is 0 Å². The van der Waals surface area contributed by atoms with Crippen LogP contribution in [0.4, 0.5) is 0 Å². The highest BCUT2D eigenvalue weighted by Crippen LogP contribution is 2.53. The van der Waals surface area contributed by atoms with Crippen LogP contribution in [0.3, 0.4) is 0 Å². The van der Waals surface area contributed by atoms with E-state index < -0.39 is 0 Å². The van der Waals surface area contributed by atoms with Crippen LogP contribution < -0.4 is 0 Å². The zero-order valence-corrected chi connectivity index (χ0v) is 15.2. The van der Waals surface area contributed by atoms with E-state index in [9.17, 15) is 4.79 Å². The van der Waals surface area contributed by atoms with E-state index in [1.54, 1.807) is 5.57 Å². The molecule has 3 nitrogen and oxygen atoms in total. The maximum absolute atomic E-state index is 12.5. The maximum Gasteiger partial charge on any atom is 0.311 e. The molecule has 0 radical (unpaired) electrons. The number of ether oxygens (including phenoxy) is 1. The van der Waals surface area contributed by atoms with E-state index in [4.69, 9.17) is 4.74 Å². The minimum Gasteiger partial charge on any atom is -0.461 e. The summed E-state index contributed by atoms with van der Waals surface area (Å²) in [5.41, 5.74) is 1.90. The fourth-order valence-electron chi connectivity index (χ4n) is 5.32. The first-order valence-electron chi connectivity index (χ1n) is 9.30. The predicted octanol–water partition coefficient (Wildman–Crippen LogP) is 3.35. The second-order valence-corrected chi connectivity index (χ2v) is 9.48. The first-order valence-corrected chi connectivity index (χ1v) is 10.4. The molecular weight excluding hydrogens is 306 g/mol. The fraction of sp³-hybridized carbons (Fsp3) is 0.842. The summed E-state index contributed by atoms with van der Waals surface area (Å²) in [6.45, 7) is 7.91. The van der Waals surface area contributed by atoms with Crippen molar-refractivity contribution in [3.05, 3.63) is 11.6 Å². The highest BCUT2D eigenvalue weighted by Gasteiger charge is 2.51. The summed E-state index contributed by atoms with van der Waals surface area (Å²) < 4.78 is 5.85. The molecule has 2 aliphatic carbocycles. The van der Waals surface area contributed by atoms with Crippen molar-refractivity contribution in [2.45, 2.75) is 45.6 Å². The van der Waals surface area contributed by atoms with Gasteiger partial charge in [0, 0.05) is 37.1 Å². The Bertz CT molecular complexity index is 513. The molecule has 23 heavy (non-hydrogen) atoms. The van der Waals surface area contributed by atoms with Gasteiger partial charge in [0.15, 0.2) is 0 Å². The third-order valence-corrected chi connectivity index (χ3v) is 7.58. The topological polar surface area (TPSA) is 29.5 Å². The Morgan fingerprint density at radius 3 is 2.96 bits per heavy atom. The number of thioether (sulfide) groups is 1. The van der Waals surface area contributed by atoms with E-state index in [0.29, 0.717) is 11.8 Å². The van der Waals surface area contributed by atoms with Crippen molar-refractivity contribution >= 4 is 17.7 Å². The van der Waals surface area contributed by atoms with Gasteiger partial charge in [-0.25, -0.2) is 0 Å². The molecule has 0 aromatic heterocycles. The Hall–Kier alpha value is -0.480. The standard InChI is InChI=1S/C19H29NO2S/c1-13-4-3-5-19(2)11-17-14(10-16(13)19)15(18(21)22-17)12-20-6-8-23-9-7-20/h10,13-15,17H,3-9,11-12H2,1-2H3/t13-,14-,15+,17-,19-/m1/s1. The molecule has 3 fully saturated rings. The Kier molecular flexibility index (Phi) is 4.25. The summed E-state index contributed by atoms with van der Waals surface area (Å²) >= 11 is 2.02. The van der Waals surface area contributed by atoms with Gasteiger partial charge in [-0.1, -0.05) is 31.9 Å². The van der Waals surface area contributed by atoms with Crippen molar-refractivity contribution in [2.75, 3.05) is 31.1 Å². The highest BCUT2D eigenvalue weighted by atomic mass is 32.2. The molecule has 2 saturated heterocycles. The molecule has 0 aromatic rings. The van der Waals surface area contributed by atoms with Gasteiger partial charge in [-0.3, -0.25) is 4.79 Å². The minimum atomic E-state index is 0.0602. The molecule has 0 spiro atoms. The largest absolute Gasteiger partial charge is 0.461 e. The smallest absolute Gasteiger partial charge is 0.311 e. The van der Waals surface area contributed by atoms with Gasteiger partial charge in [-0.15, -0.1) is 0 Å². The first-order chi connectivity index (χ1) is 11.1. The van der Waals surface area contributed by atoms with Gasteiger partial charge in [-0.05, 0) is 30.6 Å². The number of rotatable bonds is 2. The Labute approximate surface area is 144 Å². The second kappa shape index (κ2) is 6.11. The number of hydrogen-bond acceptors (Lipinski definition) is 4. The molecule has 4 heteroatoms. The molecule has 4 aliphatic rings. The Morgan fingerprint density at radius 1 is 1.39 bits per heavy atom. The van der Waals surface area contributed by atoms with E-state index in [-0.39, 0.29) is 23.4 Å². The number of carbonyl (C=O) groups excluding carboxylic acids is 1. The molecule has 0 unspecified atom stereocenters. The lowest BCUT2D eigenvalue weighted by atomic mass is 9.59. The van der Waals surface area contributed by atoms with Crippen molar-refractivity contribution in [2.24, 2.45) is 23.2 Å². The molecule has 2 aliphatic heterocycles. The molecule has 0 amide bonds. The molecule has 128 valence electrons. The van der Waals surface area contributed by atoms with Crippen LogP contribution in [0.15, 0.2) is 11.6 Å². The van der Waals surface area contributed by atoms with Crippen LogP contribution in [0, 0.1) is 23.2 Å². The lowest BCUT2D eigenvalue weighted by molar-refractivity contribution is -0.145. The normalized spacial score (nSPS) is 44.3. The molecule has 2 heterocycles. The number of esters is 1. The highest BCUT2D eigenvalue weighted by molar-refractivity contribution is 7.99. The van der Waals surface area contributed by atoms with E-state index in [0.717, 1.165) is 26.1 Å². The van der Waals surface area contributed by atoms with E-state index in [1.165, 1.54) is 30.8 Å². The van der Waals surface area contributed by atoms with Crippen LogP contribution >= 0.6 is 11.8 Å². The van der Waals surface area contributed by atoms with Crippen molar-refractivity contribution in [1.29, 1.82) is 0 Å². The monoisotopic (exact) mass is 335 g/mol. The first kappa shape index (κ1) is 16.0.